The van der Waals surface area contributed by atoms with Gasteiger partial charge in [0, 0.05) is 18.5 Å². The first kappa shape index (κ1) is 20.2. The minimum absolute atomic E-state index is 0. The van der Waals surface area contributed by atoms with Crippen LogP contribution in [0.4, 0.5) is 0 Å². The second-order valence-electron chi connectivity index (χ2n) is 6.30. The molecule has 3 N–H and O–H groups in total. The van der Waals surface area contributed by atoms with Crippen LogP contribution in [0.15, 0.2) is 60.7 Å². The molecule has 0 heterocycles. The lowest BCUT2D eigenvalue weighted by atomic mass is 9.88. The van der Waals surface area contributed by atoms with E-state index in [-0.39, 0.29) is 36.2 Å². The highest BCUT2D eigenvalue weighted by Crippen LogP contribution is 2.18. The zero-order valence-corrected chi connectivity index (χ0v) is 15.1. The van der Waals surface area contributed by atoms with Crippen molar-refractivity contribution in [3.05, 3.63) is 71.8 Å². The molecule has 2 aromatic rings. The van der Waals surface area contributed by atoms with Crippen molar-refractivity contribution in [3.63, 3.8) is 0 Å². The molecule has 0 bridgehead atoms. The van der Waals surface area contributed by atoms with Crippen molar-refractivity contribution >= 4 is 18.3 Å². The summed E-state index contributed by atoms with van der Waals surface area (Å²) in [6, 6.07) is 19.8. The zero-order valence-electron chi connectivity index (χ0n) is 14.3. The third kappa shape index (κ3) is 5.99. The van der Waals surface area contributed by atoms with Crippen LogP contribution in [-0.2, 0) is 11.2 Å². The third-order valence-electron chi connectivity index (χ3n) is 4.16. The average molecular weight is 347 g/mol. The van der Waals surface area contributed by atoms with Crippen molar-refractivity contribution in [2.75, 3.05) is 6.54 Å². The normalized spacial score (nSPS) is 13.0. The monoisotopic (exact) mass is 346 g/mol. The Labute approximate surface area is 151 Å². The van der Waals surface area contributed by atoms with E-state index in [0.717, 1.165) is 12.0 Å². The molecule has 24 heavy (non-hydrogen) atoms. The van der Waals surface area contributed by atoms with Gasteiger partial charge in [0.1, 0.15) is 0 Å². The molecule has 2 aromatic carbocycles. The maximum atomic E-state index is 12.6. The Morgan fingerprint density at radius 1 is 1.00 bits per heavy atom. The van der Waals surface area contributed by atoms with Crippen molar-refractivity contribution in [2.24, 2.45) is 17.6 Å². The van der Waals surface area contributed by atoms with E-state index in [0.29, 0.717) is 6.54 Å². The first-order chi connectivity index (χ1) is 11.1. The van der Waals surface area contributed by atoms with Gasteiger partial charge in [-0.25, -0.2) is 0 Å². The summed E-state index contributed by atoms with van der Waals surface area (Å²) >= 11 is 0. The summed E-state index contributed by atoms with van der Waals surface area (Å²) in [6.45, 7) is 4.63. The number of halogens is 1. The Balaban J connectivity index is 0.00000288. The molecule has 0 aliphatic rings. The number of amides is 1. The van der Waals surface area contributed by atoms with E-state index in [4.69, 9.17) is 5.73 Å². The van der Waals surface area contributed by atoms with E-state index >= 15 is 0 Å². The number of carbonyl (C=O) groups excluding carboxylic acids is 1. The Bertz CT molecular complexity index is 602. The zero-order chi connectivity index (χ0) is 16.7. The van der Waals surface area contributed by atoms with Gasteiger partial charge < -0.3 is 11.1 Å². The fourth-order valence-corrected chi connectivity index (χ4v) is 2.66. The van der Waals surface area contributed by atoms with Crippen molar-refractivity contribution < 1.29 is 4.79 Å². The van der Waals surface area contributed by atoms with Gasteiger partial charge in [0.25, 0.3) is 0 Å². The molecule has 0 radical (unpaired) electrons. The third-order valence-corrected chi connectivity index (χ3v) is 4.16. The summed E-state index contributed by atoms with van der Waals surface area (Å²) in [6.07, 6.45) is 0.755. The number of benzene rings is 2. The van der Waals surface area contributed by atoms with E-state index in [2.05, 4.69) is 31.3 Å². The molecule has 2 atom stereocenters. The summed E-state index contributed by atoms with van der Waals surface area (Å²) in [5, 5.41) is 3.02. The van der Waals surface area contributed by atoms with Crippen LogP contribution in [0.25, 0.3) is 0 Å². The molecule has 2 rings (SSSR count). The van der Waals surface area contributed by atoms with E-state index in [1.54, 1.807) is 0 Å². The van der Waals surface area contributed by atoms with Crippen molar-refractivity contribution in [1.82, 2.24) is 5.32 Å². The topological polar surface area (TPSA) is 55.1 Å². The van der Waals surface area contributed by atoms with E-state index in [1.807, 2.05) is 48.5 Å². The van der Waals surface area contributed by atoms with Crippen molar-refractivity contribution in [3.8, 4) is 0 Å². The first-order valence-corrected chi connectivity index (χ1v) is 8.20. The molecular weight excluding hydrogens is 320 g/mol. The van der Waals surface area contributed by atoms with Gasteiger partial charge in [-0.05, 0) is 23.5 Å². The molecule has 0 saturated carbocycles. The lowest BCUT2D eigenvalue weighted by Crippen LogP contribution is -2.38. The summed E-state index contributed by atoms with van der Waals surface area (Å²) in [5.74, 6) is 0.318. The van der Waals surface area contributed by atoms with Gasteiger partial charge >= 0.3 is 0 Å². The first-order valence-electron chi connectivity index (χ1n) is 8.20. The van der Waals surface area contributed by atoms with Crippen LogP contribution in [0.2, 0.25) is 0 Å². The average Bonchev–Trinajstić information content (AvgIpc) is 2.58. The summed E-state index contributed by atoms with van der Waals surface area (Å²) in [7, 11) is 0. The quantitative estimate of drug-likeness (QED) is 0.802. The standard InChI is InChI=1S/C20H26N2O.ClH/c1-15(2)18(13-16-9-5-3-6-10-16)20(23)22-14-19(21)17-11-7-4-8-12-17;/h3-12,15,18-19H,13-14,21H2,1-2H3,(H,22,23);1H. The largest absolute Gasteiger partial charge is 0.354 e. The Morgan fingerprint density at radius 3 is 2.08 bits per heavy atom. The fourth-order valence-electron chi connectivity index (χ4n) is 2.66. The summed E-state index contributed by atoms with van der Waals surface area (Å²) in [4.78, 5) is 12.6. The highest BCUT2D eigenvalue weighted by atomic mass is 35.5. The van der Waals surface area contributed by atoms with Gasteiger partial charge in [-0.15, -0.1) is 12.4 Å². The molecule has 1 amide bonds. The molecule has 130 valence electrons. The second kappa shape index (κ2) is 10.1. The predicted molar refractivity (Wildman–Crippen MR) is 102 cm³/mol. The molecule has 0 aliphatic carbocycles. The van der Waals surface area contributed by atoms with Gasteiger partial charge in [0.15, 0.2) is 0 Å². The van der Waals surface area contributed by atoms with E-state index in [9.17, 15) is 4.79 Å². The maximum Gasteiger partial charge on any atom is 0.223 e. The fraction of sp³-hybridized carbons (Fsp3) is 0.350. The van der Waals surface area contributed by atoms with Gasteiger partial charge in [0.05, 0.1) is 0 Å². The highest BCUT2D eigenvalue weighted by molar-refractivity contribution is 5.85. The van der Waals surface area contributed by atoms with Gasteiger partial charge in [-0.1, -0.05) is 74.5 Å². The van der Waals surface area contributed by atoms with Crippen LogP contribution in [-0.4, -0.2) is 12.5 Å². The number of rotatable bonds is 7. The predicted octanol–water partition coefficient (Wildman–Crippen LogP) is 3.74. The highest BCUT2D eigenvalue weighted by Gasteiger charge is 2.22. The summed E-state index contributed by atoms with van der Waals surface area (Å²) < 4.78 is 0. The van der Waals surface area contributed by atoms with E-state index < -0.39 is 0 Å². The van der Waals surface area contributed by atoms with Crippen LogP contribution in [0.1, 0.15) is 31.0 Å². The van der Waals surface area contributed by atoms with Gasteiger partial charge in [0.2, 0.25) is 5.91 Å². The second-order valence-corrected chi connectivity index (χ2v) is 6.30. The number of nitrogens with one attached hydrogen (secondary N) is 1. The summed E-state index contributed by atoms with van der Waals surface area (Å²) in [5.41, 5.74) is 8.38. The number of hydrogen-bond acceptors (Lipinski definition) is 2. The number of carbonyl (C=O) groups is 1. The van der Waals surface area contributed by atoms with Crippen LogP contribution in [0.5, 0.6) is 0 Å². The molecular formula is C20H27ClN2O. The minimum atomic E-state index is -0.176. The molecule has 0 fully saturated rings. The Morgan fingerprint density at radius 2 is 1.54 bits per heavy atom. The molecule has 2 unspecified atom stereocenters. The van der Waals surface area contributed by atoms with E-state index in [1.165, 1.54) is 5.56 Å². The lowest BCUT2D eigenvalue weighted by molar-refractivity contribution is -0.126. The molecule has 0 saturated heterocycles. The van der Waals surface area contributed by atoms with Crippen molar-refractivity contribution in [2.45, 2.75) is 26.3 Å². The molecule has 0 spiro atoms. The lowest BCUT2D eigenvalue weighted by Gasteiger charge is -2.22. The van der Waals surface area contributed by atoms with Crippen molar-refractivity contribution in [1.29, 1.82) is 0 Å². The van der Waals surface area contributed by atoms with Gasteiger partial charge in [-0.2, -0.15) is 0 Å². The SMILES string of the molecule is CC(C)C(Cc1ccccc1)C(=O)NCC(N)c1ccccc1.Cl. The van der Waals surface area contributed by atoms with Crippen LogP contribution in [0.3, 0.4) is 0 Å². The van der Waals surface area contributed by atoms with Crippen LogP contribution in [0, 0.1) is 11.8 Å². The van der Waals surface area contributed by atoms with Crippen LogP contribution < -0.4 is 11.1 Å². The number of nitrogens with two attached hydrogens (primary N) is 1. The molecule has 0 aliphatic heterocycles. The molecule has 0 aromatic heterocycles. The smallest absolute Gasteiger partial charge is 0.223 e. The Hall–Kier alpha value is -1.84. The van der Waals surface area contributed by atoms with Gasteiger partial charge in [-0.3, -0.25) is 4.79 Å². The number of hydrogen-bond donors (Lipinski definition) is 2. The maximum absolute atomic E-state index is 12.6. The van der Waals surface area contributed by atoms with Crippen LogP contribution >= 0.6 is 12.4 Å². The minimum Gasteiger partial charge on any atom is -0.354 e. The molecule has 4 heteroatoms. The Kier molecular flexibility index (Phi) is 8.51. The molecule has 3 nitrogen and oxygen atoms in total.